The molecular weight excluding hydrogens is 360 g/mol. The Morgan fingerprint density at radius 3 is 2.07 bits per heavy atom. The van der Waals surface area contributed by atoms with Crippen molar-refractivity contribution in [2.45, 2.75) is 65.3 Å². The van der Waals surface area contributed by atoms with Crippen molar-refractivity contribution in [1.82, 2.24) is 5.32 Å². The first-order valence-corrected chi connectivity index (χ1v) is 10.6. The van der Waals surface area contributed by atoms with Crippen LogP contribution in [0.1, 0.15) is 64.0 Å². The zero-order valence-corrected chi connectivity index (χ0v) is 18.1. The van der Waals surface area contributed by atoms with Crippen LogP contribution >= 0.6 is 0 Å². The molecule has 2 unspecified atom stereocenters. The first-order valence-electron chi connectivity index (χ1n) is 10.6. The summed E-state index contributed by atoms with van der Waals surface area (Å²) >= 11 is 0. The molecule has 0 aliphatic heterocycles. The van der Waals surface area contributed by atoms with Crippen molar-refractivity contribution >= 4 is 17.5 Å². The highest BCUT2D eigenvalue weighted by atomic mass is 16.2. The van der Waals surface area contributed by atoms with E-state index in [4.69, 9.17) is 0 Å². The van der Waals surface area contributed by atoms with Gasteiger partial charge in [-0.1, -0.05) is 63.2 Å². The van der Waals surface area contributed by atoms with Gasteiger partial charge in [-0.2, -0.15) is 0 Å². The van der Waals surface area contributed by atoms with Gasteiger partial charge in [0.15, 0.2) is 0 Å². The van der Waals surface area contributed by atoms with Gasteiger partial charge < -0.3 is 10.6 Å². The zero-order valence-electron chi connectivity index (χ0n) is 18.1. The molecule has 0 aliphatic rings. The van der Waals surface area contributed by atoms with Crippen LogP contribution in [0.5, 0.6) is 0 Å². The predicted octanol–water partition coefficient (Wildman–Crippen LogP) is 5.30. The second kappa shape index (κ2) is 11.4. The summed E-state index contributed by atoms with van der Waals surface area (Å²) in [4.78, 5) is 24.5. The van der Waals surface area contributed by atoms with Crippen LogP contribution in [0.3, 0.4) is 0 Å². The lowest BCUT2D eigenvalue weighted by Crippen LogP contribution is -2.34. The highest BCUT2D eigenvalue weighted by Gasteiger charge is 2.15. The first-order chi connectivity index (χ1) is 13.8. The second-order valence-corrected chi connectivity index (χ2v) is 8.33. The number of amides is 2. The maximum absolute atomic E-state index is 12.3. The molecule has 2 aromatic carbocycles. The fourth-order valence-corrected chi connectivity index (χ4v) is 3.30. The molecule has 0 fully saturated rings. The molecule has 29 heavy (non-hydrogen) atoms. The van der Waals surface area contributed by atoms with Crippen LogP contribution in [0.15, 0.2) is 54.6 Å². The van der Waals surface area contributed by atoms with Crippen LogP contribution in [-0.2, 0) is 16.0 Å². The fraction of sp³-hybridized carbons (Fsp3) is 0.440. The molecule has 0 aromatic heterocycles. The van der Waals surface area contributed by atoms with E-state index in [0.717, 1.165) is 18.5 Å². The molecule has 0 saturated carbocycles. The van der Waals surface area contributed by atoms with Gasteiger partial charge in [0.05, 0.1) is 0 Å². The van der Waals surface area contributed by atoms with E-state index in [9.17, 15) is 9.59 Å². The highest BCUT2D eigenvalue weighted by Crippen LogP contribution is 2.18. The fourth-order valence-electron chi connectivity index (χ4n) is 3.30. The minimum Gasteiger partial charge on any atom is -0.354 e. The number of carbonyl (C=O) groups excluding carboxylic acids is 2. The Labute approximate surface area is 175 Å². The molecule has 2 atom stereocenters. The Hall–Kier alpha value is -2.62. The number of benzene rings is 2. The van der Waals surface area contributed by atoms with Crippen molar-refractivity contribution in [2.75, 3.05) is 5.32 Å². The van der Waals surface area contributed by atoms with Crippen LogP contribution < -0.4 is 10.6 Å². The van der Waals surface area contributed by atoms with Gasteiger partial charge >= 0.3 is 0 Å². The maximum Gasteiger partial charge on any atom is 0.224 e. The minimum absolute atomic E-state index is 0.00662. The number of anilines is 1. The van der Waals surface area contributed by atoms with E-state index in [0.29, 0.717) is 18.8 Å². The predicted molar refractivity (Wildman–Crippen MR) is 120 cm³/mol. The lowest BCUT2D eigenvalue weighted by atomic mass is 10.0. The van der Waals surface area contributed by atoms with Crippen molar-refractivity contribution in [3.05, 3.63) is 65.7 Å². The maximum atomic E-state index is 12.3. The van der Waals surface area contributed by atoms with Gasteiger partial charge in [-0.25, -0.2) is 0 Å². The lowest BCUT2D eigenvalue weighted by Gasteiger charge is -2.16. The van der Waals surface area contributed by atoms with Gasteiger partial charge in [0.1, 0.15) is 0 Å². The number of hydrogen-bond donors (Lipinski definition) is 2. The molecular formula is C25H34N2O2. The van der Waals surface area contributed by atoms with Crippen molar-refractivity contribution in [1.29, 1.82) is 0 Å². The molecule has 0 aliphatic carbocycles. The summed E-state index contributed by atoms with van der Waals surface area (Å²) < 4.78 is 0. The summed E-state index contributed by atoms with van der Waals surface area (Å²) in [5.41, 5.74) is 3.32. The Balaban J connectivity index is 1.69. The van der Waals surface area contributed by atoms with Gasteiger partial charge in [0.25, 0.3) is 0 Å². The van der Waals surface area contributed by atoms with Crippen molar-refractivity contribution in [2.24, 2.45) is 5.92 Å². The molecule has 0 radical (unpaired) electrons. The van der Waals surface area contributed by atoms with Crippen LogP contribution in [0.2, 0.25) is 0 Å². The molecule has 2 rings (SSSR count). The Morgan fingerprint density at radius 2 is 1.45 bits per heavy atom. The number of carbonyl (C=O) groups is 2. The zero-order chi connectivity index (χ0) is 21.2. The Bertz CT molecular complexity index is 769. The monoisotopic (exact) mass is 394 g/mol. The largest absolute Gasteiger partial charge is 0.354 e. The molecule has 2 N–H and O–H groups in total. The van der Waals surface area contributed by atoms with Gasteiger partial charge in [0, 0.05) is 24.6 Å². The molecule has 4 heteroatoms. The van der Waals surface area contributed by atoms with Crippen molar-refractivity contribution in [3.8, 4) is 0 Å². The smallest absolute Gasteiger partial charge is 0.224 e. The molecule has 0 spiro atoms. The topological polar surface area (TPSA) is 58.2 Å². The van der Waals surface area contributed by atoms with Gasteiger partial charge in [-0.15, -0.1) is 0 Å². The minimum atomic E-state index is -0.0558. The number of rotatable bonds is 10. The third-order valence-corrected chi connectivity index (χ3v) is 5.05. The van der Waals surface area contributed by atoms with E-state index in [1.165, 1.54) is 11.1 Å². The van der Waals surface area contributed by atoms with Crippen molar-refractivity contribution < 1.29 is 9.59 Å². The molecule has 0 bridgehead atoms. The lowest BCUT2D eigenvalue weighted by molar-refractivity contribution is -0.123. The average Bonchev–Trinajstić information content (AvgIpc) is 2.67. The molecule has 2 amide bonds. The third kappa shape index (κ3) is 8.51. The SMILES string of the molecule is CC(CC(=O)Nc1ccc(C(C)C)cc1)CC(=O)NC(C)CCc1ccccc1. The van der Waals surface area contributed by atoms with E-state index in [1.807, 2.05) is 56.3 Å². The molecule has 4 nitrogen and oxygen atoms in total. The van der Waals surface area contributed by atoms with Crippen molar-refractivity contribution in [3.63, 3.8) is 0 Å². The third-order valence-electron chi connectivity index (χ3n) is 5.05. The molecule has 2 aromatic rings. The van der Waals surface area contributed by atoms with Crippen LogP contribution in [0.25, 0.3) is 0 Å². The summed E-state index contributed by atoms with van der Waals surface area (Å²) in [5.74, 6) is 0.409. The van der Waals surface area contributed by atoms with Gasteiger partial charge in [0.2, 0.25) is 11.8 Å². The first kappa shape index (κ1) is 22.7. The quantitative estimate of drug-likeness (QED) is 0.574. The summed E-state index contributed by atoms with van der Waals surface area (Å²) in [7, 11) is 0. The summed E-state index contributed by atoms with van der Waals surface area (Å²) in [6.07, 6.45) is 2.53. The van der Waals surface area contributed by atoms with Gasteiger partial charge in [-0.05, 0) is 54.9 Å². The normalized spacial score (nSPS) is 13.0. The second-order valence-electron chi connectivity index (χ2n) is 8.33. The molecule has 0 heterocycles. The number of nitrogens with one attached hydrogen (secondary N) is 2. The average molecular weight is 395 g/mol. The van der Waals surface area contributed by atoms with E-state index in [1.54, 1.807) is 0 Å². The Morgan fingerprint density at radius 1 is 0.828 bits per heavy atom. The van der Waals surface area contributed by atoms with E-state index in [-0.39, 0.29) is 23.8 Å². The summed E-state index contributed by atoms with van der Waals surface area (Å²) in [6.45, 7) is 8.25. The molecule has 156 valence electrons. The summed E-state index contributed by atoms with van der Waals surface area (Å²) in [6, 6.07) is 18.3. The van der Waals surface area contributed by atoms with E-state index >= 15 is 0 Å². The highest BCUT2D eigenvalue weighted by molar-refractivity contribution is 5.91. The Kier molecular flexibility index (Phi) is 8.91. The van der Waals surface area contributed by atoms with E-state index < -0.39 is 0 Å². The van der Waals surface area contributed by atoms with E-state index in [2.05, 4.69) is 36.6 Å². The summed E-state index contributed by atoms with van der Waals surface area (Å²) in [5, 5.41) is 5.97. The number of hydrogen-bond acceptors (Lipinski definition) is 2. The van der Waals surface area contributed by atoms with Gasteiger partial charge in [-0.3, -0.25) is 9.59 Å². The number of aryl methyl sites for hydroxylation is 1. The van der Waals surface area contributed by atoms with Crippen LogP contribution in [-0.4, -0.2) is 17.9 Å². The standard InChI is InChI=1S/C25H34N2O2/c1-18(2)22-12-14-23(15-13-22)27-25(29)17-19(3)16-24(28)26-20(4)10-11-21-8-6-5-7-9-21/h5-9,12-15,18-20H,10-11,16-17H2,1-4H3,(H,26,28)(H,27,29). The van der Waals surface area contributed by atoms with Crippen LogP contribution in [0, 0.1) is 5.92 Å². The van der Waals surface area contributed by atoms with Crippen LogP contribution in [0.4, 0.5) is 5.69 Å². The molecule has 0 saturated heterocycles.